The first-order valence-corrected chi connectivity index (χ1v) is 12.0. The van der Waals surface area contributed by atoms with E-state index in [0.29, 0.717) is 19.1 Å². The van der Waals surface area contributed by atoms with Crippen LogP contribution in [-0.2, 0) is 11.3 Å². The van der Waals surface area contributed by atoms with Crippen molar-refractivity contribution >= 4 is 16.9 Å². The zero-order chi connectivity index (χ0) is 22.5. The minimum absolute atomic E-state index is 0.140. The number of fused-ring (bicyclic) bond motifs is 1. The van der Waals surface area contributed by atoms with Crippen LogP contribution in [0.1, 0.15) is 76.2 Å². The summed E-state index contributed by atoms with van der Waals surface area (Å²) in [6.45, 7) is 7.62. The van der Waals surface area contributed by atoms with Crippen molar-refractivity contribution in [2.24, 2.45) is 5.92 Å². The van der Waals surface area contributed by atoms with E-state index in [9.17, 15) is 4.79 Å². The summed E-state index contributed by atoms with van der Waals surface area (Å²) in [6, 6.07) is 16.3. The van der Waals surface area contributed by atoms with E-state index in [1.54, 1.807) is 0 Å². The molecule has 2 aromatic carbocycles. The molecule has 0 aliphatic heterocycles. The molecular formula is C27H35N3O2. The number of amides is 1. The molecule has 1 fully saturated rings. The summed E-state index contributed by atoms with van der Waals surface area (Å²) in [5, 5.41) is 3.23. The number of hydrogen-bond acceptors (Lipinski definition) is 3. The lowest BCUT2D eigenvalue weighted by Crippen LogP contribution is -2.35. The molecular weight excluding hydrogens is 398 g/mol. The normalized spacial score (nSPS) is 15.8. The van der Waals surface area contributed by atoms with Gasteiger partial charge in [0.25, 0.3) is 0 Å². The van der Waals surface area contributed by atoms with Gasteiger partial charge in [-0.2, -0.15) is 0 Å². The molecule has 1 heterocycles. The standard InChI is InChI=1S/C27H35N3O2/c1-19(2)21-13-15-23(16-14-21)32-18-17-30-25-12-8-7-11-24(25)29-26(30)20(3)28-27(31)22-9-5-4-6-10-22/h7-8,11-16,19-20,22H,4-6,9-10,17-18H2,1-3H3,(H,28,31). The van der Waals surface area contributed by atoms with Crippen LogP contribution in [0.4, 0.5) is 0 Å². The summed E-state index contributed by atoms with van der Waals surface area (Å²) in [5.74, 6) is 2.57. The molecule has 1 N–H and O–H groups in total. The van der Waals surface area contributed by atoms with Crippen LogP contribution in [0.3, 0.4) is 0 Å². The maximum absolute atomic E-state index is 12.8. The first-order valence-electron chi connectivity index (χ1n) is 12.0. The van der Waals surface area contributed by atoms with E-state index in [2.05, 4.69) is 41.9 Å². The number of ether oxygens (including phenoxy) is 1. The zero-order valence-electron chi connectivity index (χ0n) is 19.5. The number of imidazole rings is 1. The molecule has 1 saturated carbocycles. The molecule has 4 rings (SSSR count). The average Bonchev–Trinajstić information content (AvgIpc) is 3.19. The number of rotatable bonds is 8. The molecule has 0 radical (unpaired) electrons. The van der Waals surface area contributed by atoms with Gasteiger partial charge in [0.05, 0.1) is 23.6 Å². The van der Waals surface area contributed by atoms with Gasteiger partial charge in [0, 0.05) is 5.92 Å². The second-order valence-corrected chi connectivity index (χ2v) is 9.25. The van der Waals surface area contributed by atoms with Crippen LogP contribution in [0.2, 0.25) is 0 Å². The molecule has 170 valence electrons. The monoisotopic (exact) mass is 433 g/mol. The van der Waals surface area contributed by atoms with Gasteiger partial charge in [-0.05, 0) is 55.5 Å². The summed E-state index contributed by atoms with van der Waals surface area (Å²) in [7, 11) is 0. The maximum atomic E-state index is 12.8. The lowest BCUT2D eigenvalue weighted by molar-refractivity contribution is -0.126. The highest BCUT2D eigenvalue weighted by Crippen LogP contribution is 2.26. The summed E-state index contributed by atoms with van der Waals surface area (Å²) in [6.07, 6.45) is 5.55. The van der Waals surface area contributed by atoms with Crippen LogP contribution in [0.15, 0.2) is 48.5 Å². The quantitative estimate of drug-likeness (QED) is 0.474. The van der Waals surface area contributed by atoms with Crippen molar-refractivity contribution in [1.29, 1.82) is 0 Å². The average molecular weight is 434 g/mol. The number of benzene rings is 2. The van der Waals surface area contributed by atoms with Crippen molar-refractivity contribution in [2.75, 3.05) is 6.61 Å². The van der Waals surface area contributed by atoms with E-state index in [1.165, 1.54) is 12.0 Å². The van der Waals surface area contributed by atoms with Gasteiger partial charge in [-0.15, -0.1) is 0 Å². The van der Waals surface area contributed by atoms with Crippen molar-refractivity contribution < 1.29 is 9.53 Å². The Morgan fingerprint density at radius 2 is 1.78 bits per heavy atom. The molecule has 1 amide bonds. The van der Waals surface area contributed by atoms with Gasteiger partial charge < -0.3 is 14.6 Å². The Morgan fingerprint density at radius 3 is 2.50 bits per heavy atom. The lowest BCUT2D eigenvalue weighted by Gasteiger charge is -2.23. The lowest BCUT2D eigenvalue weighted by atomic mass is 9.88. The molecule has 32 heavy (non-hydrogen) atoms. The topological polar surface area (TPSA) is 56.1 Å². The van der Waals surface area contributed by atoms with Crippen molar-refractivity contribution in [2.45, 2.75) is 71.4 Å². The van der Waals surface area contributed by atoms with Crippen molar-refractivity contribution in [3.8, 4) is 5.75 Å². The summed E-state index contributed by atoms with van der Waals surface area (Å²) < 4.78 is 8.22. The van der Waals surface area contributed by atoms with Crippen LogP contribution in [-0.4, -0.2) is 22.1 Å². The van der Waals surface area contributed by atoms with Crippen LogP contribution in [0, 0.1) is 5.92 Å². The fraction of sp³-hybridized carbons (Fsp3) is 0.481. The molecule has 1 atom stereocenters. The van der Waals surface area contributed by atoms with Gasteiger partial charge in [0.2, 0.25) is 5.91 Å². The fourth-order valence-electron chi connectivity index (χ4n) is 4.62. The van der Waals surface area contributed by atoms with E-state index in [4.69, 9.17) is 9.72 Å². The minimum atomic E-state index is -0.151. The van der Waals surface area contributed by atoms with Gasteiger partial charge in [-0.3, -0.25) is 4.79 Å². The predicted molar refractivity (Wildman–Crippen MR) is 129 cm³/mol. The molecule has 5 nitrogen and oxygen atoms in total. The Labute approximate surface area is 191 Å². The van der Waals surface area contributed by atoms with E-state index >= 15 is 0 Å². The molecule has 1 aromatic heterocycles. The second-order valence-electron chi connectivity index (χ2n) is 9.25. The molecule has 1 unspecified atom stereocenters. The molecule has 3 aromatic rings. The Hall–Kier alpha value is -2.82. The first kappa shape index (κ1) is 22.4. The Bertz CT molecular complexity index is 1030. The van der Waals surface area contributed by atoms with Crippen molar-refractivity contribution in [3.05, 3.63) is 59.9 Å². The zero-order valence-corrected chi connectivity index (χ0v) is 19.5. The van der Waals surface area contributed by atoms with Crippen molar-refractivity contribution in [3.63, 3.8) is 0 Å². The highest BCUT2D eigenvalue weighted by Gasteiger charge is 2.24. The number of hydrogen-bond donors (Lipinski definition) is 1. The van der Waals surface area contributed by atoms with Crippen LogP contribution in [0.5, 0.6) is 5.75 Å². The van der Waals surface area contributed by atoms with Crippen molar-refractivity contribution in [1.82, 2.24) is 14.9 Å². The number of nitrogens with zero attached hydrogens (tertiary/aromatic N) is 2. The number of carbonyl (C=O) groups excluding carboxylic acids is 1. The van der Waals surface area contributed by atoms with E-state index in [1.807, 2.05) is 37.3 Å². The summed E-state index contributed by atoms with van der Waals surface area (Å²) in [5.41, 5.74) is 3.32. The van der Waals surface area contributed by atoms with Gasteiger partial charge in [0.1, 0.15) is 18.2 Å². The predicted octanol–water partition coefficient (Wildman–Crippen LogP) is 6.00. The van der Waals surface area contributed by atoms with Gasteiger partial charge in [-0.25, -0.2) is 4.98 Å². The number of aromatic nitrogens is 2. The summed E-state index contributed by atoms with van der Waals surface area (Å²) >= 11 is 0. The molecule has 1 aliphatic carbocycles. The van der Waals surface area contributed by atoms with Crippen LogP contribution < -0.4 is 10.1 Å². The highest BCUT2D eigenvalue weighted by molar-refractivity contribution is 5.80. The smallest absolute Gasteiger partial charge is 0.223 e. The van der Waals surface area contributed by atoms with E-state index in [-0.39, 0.29) is 17.9 Å². The van der Waals surface area contributed by atoms with E-state index < -0.39 is 0 Å². The third-order valence-electron chi connectivity index (χ3n) is 6.54. The molecule has 0 spiro atoms. The highest BCUT2D eigenvalue weighted by atomic mass is 16.5. The maximum Gasteiger partial charge on any atom is 0.223 e. The number of carbonyl (C=O) groups is 1. The fourth-order valence-corrected chi connectivity index (χ4v) is 4.62. The molecule has 5 heteroatoms. The molecule has 1 aliphatic rings. The number of nitrogens with one attached hydrogen (secondary N) is 1. The minimum Gasteiger partial charge on any atom is -0.492 e. The van der Waals surface area contributed by atoms with Crippen LogP contribution >= 0.6 is 0 Å². The Morgan fingerprint density at radius 1 is 1.06 bits per heavy atom. The third-order valence-corrected chi connectivity index (χ3v) is 6.54. The Kier molecular flexibility index (Phi) is 7.13. The van der Waals surface area contributed by atoms with E-state index in [0.717, 1.165) is 48.3 Å². The molecule has 0 bridgehead atoms. The van der Waals surface area contributed by atoms with Gasteiger partial charge >= 0.3 is 0 Å². The second kappa shape index (κ2) is 10.2. The van der Waals surface area contributed by atoms with Crippen LogP contribution in [0.25, 0.3) is 11.0 Å². The largest absolute Gasteiger partial charge is 0.492 e. The number of para-hydroxylation sites is 2. The first-order chi connectivity index (χ1) is 15.5. The molecule has 0 saturated heterocycles. The summed E-state index contributed by atoms with van der Waals surface area (Å²) in [4.78, 5) is 17.7. The van der Waals surface area contributed by atoms with Gasteiger partial charge in [-0.1, -0.05) is 57.4 Å². The third kappa shape index (κ3) is 5.14. The van der Waals surface area contributed by atoms with Gasteiger partial charge in [0.15, 0.2) is 0 Å². The Balaban J connectivity index is 1.46. The SMILES string of the molecule is CC(C)c1ccc(OCCn2c(C(C)NC(=O)C3CCCCC3)nc3ccccc32)cc1.